The summed E-state index contributed by atoms with van der Waals surface area (Å²) in [6, 6.07) is 8.11. The molecule has 0 aliphatic rings. The highest BCUT2D eigenvalue weighted by Crippen LogP contribution is 2.31. The van der Waals surface area contributed by atoms with Crippen LogP contribution in [0.3, 0.4) is 0 Å². The van der Waals surface area contributed by atoms with Crippen molar-refractivity contribution in [2.45, 2.75) is 25.7 Å². The summed E-state index contributed by atoms with van der Waals surface area (Å²) in [5.74, 6) is 0. The van der Waals surface area contributed by atoms with Crippen molar-refractivity contribution in [3.8, 4) is 0 Å². The molecule has 0 saturated carbocycles. The summed E-state index contributed by atoms with van der Waals surface area (Å²) in [5.41, 5.74) is 9.36. The summed E-state index contributed by atoms with van der Waals surface area (Å²) in [4.78, 5) is 0. The van der Waals surface area contributed by atoms with Crippen molar-refractivity contribution in [1.29, 1.82) is 0 Å². The smallest absolute Gasteiger partial charge is 0.0847 e. The van der Waals surface area contributed by atoms with E-state index < -0.39 is 5.41 Å². The van der Waals surface area contributed by atoms with E-state index >= 15 is 0 Å². The molecule has 4 nitrogen and oxygen atoms in total. The Hall–Kier alpha value is -1.36. The number of aryl methyl sites for hydroxylation is 3. The van der Waals surface area contributed by atoms with Crippen molar-refractivity contribution in [3.63, 3.8) is 0 Å². The van der Waals surface area contributed by atoms with E-state index in [0.29, 0.717) is 18.0 Å². The van der Waals surface area contributed by atoms with Crippen molar-refractivity contribution >= 4 is 11.6 Å². The molecule has 3 N–H and O–H groups in total. The highest BCUT2D eigenvalue weighted by atomic mass is 35.5. The maximum absolute atomic E-state index is 10.00. The summed E-state index contributed by atoms with van der Waals surface area (Å²) in [5, 5.41) is 15.0. The molecule has 0 bridgehead atoms. The van der Waals surface area contributed by atoms with E-state index in [4.69, 9.17) is 17.3 Å². The number of benzene rings is 1. The average molecular weight is 308 g/mol. The lowest BCUT2D eigenvalue weighted by Gasteiger charge is -2.31. The van der Waals surface area contributed by atoms with Gasteiger partial charge in [0.2, 0.25) is 0 Å². The van der Waals surface area contributed by atoms with Gasteiger partial charge < -0.3 is 10.8 Å². The maximum Gasteiger partial charge on any atom is 0.0847 e. The predicted molar refractivity (Wildman–Crippen MR) is 85.7 cm³/mol. The minimum atomic E-state index is -0.544. The summed E-state index contributed by atoms with van der Waals surface area (Å²) in [6.07, 6.45) is 0.555. The van der Waals surface area contributed by atoms with Crippen LogP contribution < -0.4 is 5.73 Å². The molecule has 0 aliphatic heterocycles. The first-order chi connectivity index (χ1) is 9.93. The van der Waals surface area contributed by atoms with E-state index in [2.05, 4.69) is 5.10 Å². The number of hydrogen-bond acceptors (Lipinski definition) is 3. The topological polar surface area (TPSA) is 64.1 Å². The SMILES string of the molecule is Cc1ccc(C(CN)(CO)Cc2c(Cl)c(C)nn2C)cc1. The van der Waals surface area contributed by atoms with Crippen LogP contribution in [0.2, 0.25) is 5.02 Å². The quantitative estimate of drug-likeness (QED) is 0.889. The number of nitrogens with two attached hydrogens (primary N) is 1. The average Bonchev–Trinajstić information content (AvgIpc) is 2.72. The highest BCUT2D eigenvalue weighted by molar-refractivity contribution is 6.31. The zero-order valence-electron chi connectivity index (χ0n) is 12.7. The predicted octanol–water partition coefficient (Wildman–Crippen LogP) is 2.12. The molecule has 21 heavy (non-hydrogen) atoms. The molecular formula is C16H22ClN3O. The normalized spacial score (nSPS) is 14.2. The second-order valence-electron chi connectivity index (χ2n) is 5.66. The van der Waals surface area contributed by atoms with Gasteiger partial charge in [0.1, 0.15) is 0 Å². The molecule has 2 aromatic rings. The molecule has 0 saturated heterocycles. The highest BCUT2D eigenvalue weighted by Gasteiger charge is 2.33. The lowest BCUT2D eigenvalue weighted by molar-refractivity contribution is 0.194. The van der Waals surface area contributed by atoms with Gasteiger partial charge in [-0.25, -0.2) is 0 Å². The molecule has 1 aromatic heterocycles. The number of halogens is 1. The van der Waals surface area contributed by atoms with Crippen LogP contribution in [0.25, 0.3) is 0 Å². The zero-order valence-corrected chi connectivity index (χ0v) is 13.5. The van der Waals surface area contributed by atoms with Crippen LogP contribution >= 0.6 is 11.6 Å². The van der Waals surface area contributed by atoms with Crippen LogP contribution in [0.5, 0.6) is 0 Å². The molecule has 114 valence electrons. The Balaban J connectivity index is 2.45. The Labute approximate surface area is 130 Å². The molecule has 0 amide bonds. The zero-order chi connectivity index (χ0) is 15.6. The number of aliphatic hydroxyl groups excluding tert-OH is 1. The maximum atomic E-state index is 10.00. The molecule has 0 spiro atoms. The standard InChI is InChI=1S/C16H22ClN3O/c1-11-4-6-13(7-5-11)16(9-18,10-21)8-14-15(17)12(2)19-20(14)3/h4-7,21H,8-10,18H2,1-3H3. The summed E-state index contributed by atoms with van der Waals surface area (Å²) < 4.78 is 1.77. The Morgan fingerprint density at radius 2 is 1.90 bits per heavy atom. The van der Waals surface area contributed by atoms with Crippen LogP contribution in [-0.2, 0) is 18.9 Å². The van der Waals surface area contributed by atoms with Gasteiger partial charge in [-0.3, -0.25) is 4.68 Å². The molecule has 0 aliphatic carbocycles. The molecule has 1 heterocycles. The van der Waals surface area contributed by atoms with Gasteiger partial charge >= 0.3 is 0 Å². The fourth-order valence-corrected chi connectivity index (χ4v) is 2.83. The minimum absolute atomic E-state index is 0.0346. The van der Waals surface area contributed by atoms with Gasteiger partial charge in [-0.2, -0.15) is 5.10 Å². The largest absolute Gasteiger partial charge is 0.395 e. The number of aliphatic hydroxyl groups is 1. The van der Waals surface area contributed by atoms with E-state index in [1.54, 1.807) is 4.68 Å². The third-order valence-corrected chi connectivity index (χ3v) is 4.62. The van der Waals surface area contributed by atoms with Crippen LogP contribution in [0.4, 0.5) is 0 Å². The second-order valence-corrected chi connectivity index (χ2v) is 6.03. The van der Waals surface area contributed by atoms with Gasteiger partial charge in [0.25, 0.3) is 0 Å². The van der Waals surface area contributed by atoms with Gasteiger partial charge in [-0.15, -0.1) is 0 Å². The molecule has 1 atom stereocenters. The Bertz CT molecular complexity index is 615. The van der Waals surface area contributed by atoms with Crippen molar-refractivity contribution < 1.29 is 5.11 Å². The third-order valence-electron chi connectivity index (χ3n) is 4.12. The van der Waals surface area contributed by atoms with Gasteiger partial charge in [0, 0.05) is 25.4 Å². The molecule has 0 radical (unpaired) electrons. The van der Waals surface area contributed by atoms with E-state index in [1.807, 2.05) is 45.2 Å². The van der Waals surface area contributed by atoms with Gasteiger partial charge in [0.05, 0.1) is 23.0 Å². The summed E-state index contributed by atoms with van der Waals surface area (Å²) in [7, 11) is 1.86. The number of aromatic nitrogens is 2. The Morgan fingerprint density at radius 1 is 1.29 bits per heavy atom. The van der Waals surface area contributed by atoms with E-state index in [-0.39, 0.29) is 6.61 Å². The van der Waals surface area contributed by atoms with Gasteiger partial charge in [-0.1, -0.05) is 41.4 Å². The lowest BCUT2D eigenvalue weighted by Crippen LogP contribution is -2.41. The van der Waals surface area contributed by atoms with Gasteiger partial charge in [0.15, 0.2) is 0 Å². The molecule has 2 rings (SSSR count). The molecule has 0 fully saturated rings. The van der Waals surface area contributed by atoms with Crippen LogP contribution in [-0.4, -0.2) is 28.0 Å². The molecular weight excluding hydrogens is 286 g/mol. The number of hydrogen-bond donors (Lipinski definition) is 2. The summed E-state index contributed by atoms with van der Waals surface area (Å²) in [6.45, 7) is 4.22. The molecule has 1 unspecified atom stereocenters. The van der Waals surface area contributed by atoms with Crippen molar-refractivity contribution in [3.05, 3.63) is 51.8 Å². The Kier molecular flexibility index (Phi) is 4.71. The van der Waals surface area contributed by atoms with E-state index in [9.17, 15) is 5.11 Å². The molecule has 1 aromatic carbocycles. The first-order valence-electron chi connectivity index (χ1n) is 6.99. The second kappa shape index (κ2) is 6.18. The third kappa shape index (κ3) is 2.98. The van der Waals surface area contributed by atoms with Crippen molar-refractivity contribution in [2.24, 2.45) is 12.8 Å². The summed E-state index contributed by atoms with van der Waals surface area (Å²) >= 11 is 6.34. The first kappa shape index (κ1) is 16.0. The number of rotatable bonds is 5. The van der Waals surface area contributed by atoms with E-state index in [0.717, 1.165) is 17.0 Å². The van der Waals surface area contributed by atoms with Crippen LogP contribution in [0, 0.1) is 13.8 Å². The molecule has 5 heteroatoms. The Morgan fingerprint density at radius 3 is 2.33 bits per heavy atom. The van der Waals surface area contributed by atoms with Crippen molar-refractivity contribution in [2.75, 3.05) is 13.2 Å². The fraction of sp³-hybridized carbons (Fsp3) is 0.438. The lowest BCUT2D eigenvalue weighted by atomic mass is 9.77. The van der Waals surface area contributed by atoms with Crippen LogP contribution in [0.1, 0.15) is 22.5 Å². The monoisotopic (exact) mass is 307 g/mol. The first-order valence-corrected chi connectivity index (χ1v) is 7.37. The minimum Gasteiger partial charge on any atom is -0.395 e. The van der Waals surface area contributed by atoms with Gasteiger partial charge in [-0.05, 0) is 19.4 Å². The van der Waals surface area contributed by atoms with Crippen LogP contribution in [0.15, 0.2) is 24.3 Å². The fourth-order valence-electron chi connectivity index (χ4n) is 2.60. The van der Waals surface area contributed by atoms with Crippen molar-refractivity contribution in [1.82, 2.24) is 9.78 Å². The number of nitrogens with zero attached hydrogens (tertiary/aromatic N) is 2. The van der Waals surface area contributed by atoms with E-state index in [1.165, 1.54) is 5.56 Å².